The summed E-state index contributed by atoms with van der Waals surface area (Å²) in [5.74, 6) is 2.00. The van der Waals surface area contributed by atoms with Crippen molar-refractivity contribution in [2.75, 3.05) is 31.9 Å². The summed E-state index contributed by atoms with van der Waals surface area (Å²) in [6, 6.07) is 12.3. The maximum Gasteiger partial charge on any atom is 0.414 e. The van der Waals surface area contributed by atoms with Crippen LogP contribution < -0.4 is 29.7 Å². The van der Waals surface area contributed by atoms with Gasteiger partial charge in [-0.15, -0.1) is 0 Å². The number of fused-ring (bicyclic) bond motifs is 1. The molecule has 0 spiro atoms. The van der Waals surface area contributed by atoms with Gasteiger partial charge in [-0.2, -0.15) is 0 Å². The van der Waals surface area contributed by atoms with E-state index in [1.807, 2.05) is 24.3 Å². The van der Waals surface area contributed by atoms with Crippen molar-refractivity contribution in [2.45, 2.75) is 12.6 Å². The van der Waals surface area contributed by atoms with Crippen LogP contribution in [0.15, 0.2) is 42.5 Å². The number of nitrogens with one attached hydrogen (secondary N) is 2. The van der Waals surface area contributed by atoms with Gasteiger partial charge in [-0.1, -0.05) is 12.1 Å². The van der Waals surface area contributed by atoms with Crippen LogP contribution in [-0.2, 0) is 11.3 Å². The molecule has 0 bridgehead atoms. The summed E-state index contributed by atoms with van der Waals surface area (Å²) < 4.78 is 21.1. The molecule has 0 unspecified atom stereocenters. The molecule has 152 valence electrons. The minimum Gasteiger partial charge on any atom is -0.497 e. The highest BCUT2D eigenvalue weighted by Gasteiger charge is 2.33. The third kappa shape index (κ3) is 4.29. The Balaban J connectivity index is 1.25. The van der Waals surface area contributed by atoms with Crippen LogP contribution in [0.1, 0.15) is 5.56 Å². The summed E-state index contributed by atoms with van der Waals surface area (Å²) in [5, 5.41) is 5.50. The van der Waals surface area contributed by atoms with Gasteiger partial charge in [-0.25, -0.2) is 9.59 Å². The number of ether oxygens (including phenoxy) is 4. The number of hydrogen-bond acceptors (Lipinski definition) is 6. The molecule has 0 aromatic heterocycles. The zero-order chi connectivity index (χ0) is 20.2. The van der Waals surface area contributed by atoms with Gasteiger partial charge in [0.25, 0.3) is 0 Å². The molecular formula is C20H21N3O6. The molecule has 0 radical (unpaired) electrons. The number of rotatable bonds is 6. The number of cyclic esters (lactones) is 1. The Kier molecular flexibility index (Phi) is 5.28. The van der Waals surface area contributed by atoms with E-state index in [1.165, 1.54) is 4.90 Å². The average molecular weight is 399 g/mol. The van der Waals surface area contributed by atoms with Crippen LogP contribution >= 0.6 is 0 Å². The number of urea groups is 1. The van der Waals surface area contributed by atoms with Crippen LogP contribution in [0.3, 0.4) is 0 Å². The van der Waals surface area contributed by atoms with Gasteiger partial charge in [-0.05, 0) is 29.8 Å². The highest BCUT2D eigenvalue weighted by Crippen LogP contribution is 2.36. The van der Waals surface area contributed by atoms with Crippen LogP contribution in [-0.4, -0.2) is 45.2 Å². The molecule has 9 nitrogen and oxygen atoms in total. The number of hydrogen-bond donors (Lipinski definition) is 2. The average Bonchev–Trinajstić information content (AvgIpc) is 3.36. The maximum absolute atomic E-state index is 12.2. The largest absolute Gasteiger partial charge is 0.497 e. The predicted octanol–water partition coefficient (Wildman–Crippen LogP) is 2.25. The molecule has 0 aliphatic carbocycles. The summed E-state index contributed by atoms with van der Waals surface area (Å²) in [4.78, 5) is 25.7. The molecule has 29 heavy (non-hydrogen) atoms. The number of methoxy groups -OCH3 is 1. The zero-order valence-corrected chi connectivity index (χ0v) is 15.8. The van der Waals surface area contributed by atoms with Crippen molar-refractivity contribution in [3.8, 4) is 17.2 Å². The van der Waals surface area contributed by atoms with Crippen LogP contribution in [0.4, 0.5) is 15.3 Å². The Bertz CT molecular complexity index is 902. The van der Waals surface area contributed by atoms with Crippen LogP contribution in [0.2, 0.25) is 0 Å². The Morgan fingerprint density at radius 3 is 2.72 bits per heavy atom. The Morgan fingerprint density at radius 1 is 1.14 bits per heavy atom. The van der Waals surface area contributed by atoms with E-state index in [1.54, 1.807) is 25.3 Å². The number of nitrogens with zero attached hydrogens (tertiary/aromatic N) is 1. The Labute approximate surface area is 167 Å². The summed E-state index contributed by atoms with van der Waals surface area (Å²) in [5.41, 5.74) is 1.60. The van der Waals surface area contributed by atoms with Gasteiger partial charge >= 0.3 is 12.1 Å². The lowest BCUT2D eigenvalue weighted by Gasteiger charge is -2.14. The smallest absolute Gasteiger partial charge is 0.414 e. The van der Waals surface area contributed by atoms with Gasteiger partial charge in [0.05, 0.1) is 25.9 Å². The maximum atomic E-state index is 12.2. The number of amides is 3. The summed E-state index contributed by atoms with van der Waals surface area (Å²) in [6.45, 7) is 1.09. The summed E-state index contributed by atoms with van der Waals surface area (Å²) in [6.07, 6.45) is -0.908. The molecule has 1 saturated heterocycles. The molecule has 2 heterocycles. The fourth-order valence-corrected chi connectivity index (χ4v) is 3.09. The number of carbonyl (C=O) groups excluding carboxylic acids is 2. The van der Waals surface area contributed by atoms with Crippen LogP contribution in [0, 0.1) is 0 Å². The molecule has 2 aliphatic rings. The van der Waals surface area contributed by atoms with Crippen molar-refractivity contribution in [3.05, 3.63) is 48.0 Å². The van der Waals surface area contributed by atoms with Gasteiger partial charge in [0.1, 0.15) is 11.9 Å². The molecule has 0 saturated carbocycles. The fraction of sp³-hybridized carbons (Fsp3) is 0.300. The molecule has 2 aliphatic heterocycles. The van der Waals surface area contributed by atoms with E-state index < -0.39 is 12.2 Å². The van der Waals surface area contributed by atoms with E-state index in [4.69, 9.17) is 18.9 Å². The highest BCUT2D eigenvalue weighted by molar-refractivity contribution is 5.90. The molecule has 9 heteroatoms. The van der Waals surface area contributed by atoms with E-state index >= 15 is 0 Å². The van der Waals surface area contributed by atoms with E-state index in [0.29, 0.717) is 30.3 Å². The first kappa shape index (κ1) is 18.7. The second-order valence-corrected chi connectivity index (χ2v) is 6.57. The highest BCUT2D eigenvalue weighted by atomic mass is 16.7. The van der Waals surface area contributed by atoms with Crippen molar-refractivity contribution in [1.29, 1.82) is 0 Å². The fourth-order valence-electron chi connectivity index (χ4n) is 3.09. The minimum absolute atomic E-state index is 0.168. The van der Waals surface area contributed by atoms with Gasteiger partial charge in [0, 0.05) is 12.6 Å². The SMILES string of the molecule is COc1ccc(CNC(=O)NC[C@@H]2CN(c3ccc4c(c3)OCO4)C(=O)O2)cc1. The second-order valence-electron chi connectivity index (χ2n) is 6.57. The summed E-state index contributed by atoms with van der Waals surface area (Å²) >= 11 is 0. The number of carbonyl (C=O) groups is 2. The first-order valence-electron chi connectivity index (χ1n) is 9.15. The van der Waals surface area contributed by atoms with Crippen molar-refractivity contribution in [3.63, 3.8) is 0 Å². The Morgan fingerprint density at radius 2 is 1.93 bits per heavy atom. The third-order valence-electron chi connectivity index (χ3n) is 4.64. The van der Waals surface area contributed by atoms with Crippen molar-refractivity contribution >= 4 is 17.8 Å². The molecule has 4 rings (SSSR count). The topological polar surface area (TPSA) is 98.4 Å². The molecule has 3 amide bonds. The molecule has 2 N–H and O–H groups in total. The van der Waals surface area contributed by atoms with Gasteiger partial charge < -0.3 is 29.6 Å². The van der Waals surface area contributed by atoms with Crippen molar-refractivity contribution in [1.82, 2.24) is 10.6 Å². The third-order valence-corrected chi connectivity index (χ3v) is 4.64. The van der Waals surface area contributed by atoms with Crippen LogP contribution in [0.25, 0.3) is 0 Å². The monoisotopic (exact) mass is 399 g/mol. The van der Waals surface area contributed by atoms with Crippen molar-refractivity contribution < 1.29 is 28.5 Å². The molecule has 1 fully saturated rings. The van der Waals surface area contributed by atoms with E-state index in [-0.39, 0.29) is 19.4 Å². The van der Waals surface area contributed by atoms with Crippen LogP contribution in [0.5, 0.6) is 17.2 Å². The molecular weight excluding hydrogens is 378 g/mol. The molecule has 1 atom stereocenters. The first-order valence-corrected chi connectivity index (χ1v) is 9.15. The number of anilines is 1. The lowest BCUT2D eigenvalue weighted by Crippen LogP contribution is -2.40. The Hall–Kier alpha value is -3.62. The van der Waals surface area contributed by atoms with Gasteiger partial charge in [0.15, 0.2) is 11.5 Å². The minimum atomic E-state index is -0.464. The lowest BCUT2D eigenvalue weighted by molar-refractivity contribution is 0.140. The molecule has 2 aromatic carbocycles. The zero-order valence-electron chi connectivity index (χ0n) is 15.8. The van der Waals surface area contributed by atoms with E-state index in [0.717, 1.165) is 11.3 Å². The standard InChI is InChI=1S/C20H21N3O6/c1-26-15-5-2-13(3-6-15)9-21-19(24)22-10-16-11-23(20(25)29-16)14-4-7-17-18(8-14)28-12-27-17/h2-8,16H,9-12H2,1H3,(H2,21,22,24)/t16-/m1/s1. The quantitative estimate of drug-likeness (QED) is 0.773. The number of benzene rings is 2. The second kappa shape index (κ2) is 8.17. The van der Waals surface area contributed by atoms with E-state index in [2.05, 4.69) is 10.6 Å². The van der Waals surface area contributed by atoms with Gasteiger partial charge in [-0.3, -0.25) is 4.90 Å². The van der Waals surface area contributed by atoms with Gasteiger partial charge in [0.2, 0.25) is 6.79 Å². The van der Waals surface area contributed by atoms with E-state index in [9.17, 15) is 9.59 Å². The molecule has 2 aromatic rings. The first-order chi connectivity index (χ1) is 14.1. The predicted molar refractivity (Wildman–Crippen MR) is 103 cm³/mol. The normalized spacial score (nSPS) is 17.1. The summed E-state index contributed by atoms with van der Waals surface area (Å²) in [7, 11) is 1.60. The lowest BCUT2D eigenvalue weighted by atomic mass is 10.2. The van der Waals surface area contributed by atoms with Crippen molar-refractivity contribution in [2.24, 2.45) is 0 Å².